The van der Waals surface area contributed by atoms with E-state index in [-0.39, 0.29) is 4.90 Å². The Morgan fingerprint density at radius 3 is 2.76 bits per heavy atom. The zero-order valence-corrected chi connectivity index (χ0v) is 13.6. The Morgan fingerprint density at radius 1 is 1.24 bits per heavy atom. The van der Waals surface area contributed by atoms with Crippen molar-refractivity contribution in [1.29, 1.82) is 0 Å². The van der Waals surface area contributed by atoms with Crippen LogP contribution >= 0.6 is 15.9 Å². The van der Waals surface area contributed by atoms with Crippen molar-refractivity contribution in [2.24, 2.45) is 4.40 Å². The fraction of sp³-hybridized carbons (Fsp3) is 0.143. The van der Waals surface area contributed by atoms with Crippen LogP contribution in [0.5, 0.6) is 0 Å². The Hall–Kier alpha value is -1.73. The highest BCUT2D eigenvalue weighted by atomic mass is 79.9. The van der Waals surface area contributed by atoms with E-state index in [2.05, 4.69) is 25.3 Å². The van der Waals surface area contributed by atoms with Gasteiger partial charge < -0.3 is 0 Å². The molecule has 0 bridgehead atoms. The fourth-order valence-electron chi connectivity index (χ4n) is 2.21. The van der Waals surface area contributed by atoms with Crippen LogP contribution in [-0.2, 0) is 10.0 Å². The molecule has 1 aliphatic heterocycles. The number of hydrogen-bond donors (Lipinski definition) is 0. The first-order valence-corrected chi connectivity index (χ1v) is 8.61. The van der Waals surface area contributed by atoms with Crippen molar-refractivity contribution in [3.05, 3.63) is 47.1 Å². The molecule has 0 saturated carbocycles. The van der Waals surface area contributed by atoms with Crippen LogP contribution in [0.3, 0.4) is 0 Å². The third kappa shape index (κ3) is 2.47. The van der Waals surface area contributed by atoms with Gasteiger partial charge in [0.1, 0.15) is 10.7 Å². The highest BCUT2D eigenvalue weighted by molar-refractivity contribution is 9.10. The van der Waals surface area contributed by atoms with E-state index in [0.717, 1.165) is 10.2 Å². The van der Waals surface area contributed by atoms with E-state index in [1.54, 1.807) is 17.2 Å². The summed E-state index contributed by atoms with van der Waals surface area (Å²) in [6.07, 6.45) is 2.07. The minimum atomic E-state index is -3.68. The molecule has 5 nitrogen and oxygen atoms in total. The number of rotatable bonds is 2. The van der Waals surface area contributed by atoms with Crippen LogP contribution in [0.15, 0.2) is 56.4 Å². The SMILES string of the molecule is CCC1=NS(=O)(=O)c2cccnc2N1c1cccc(Br)c1. The molecule has 21 heavy (non-hydrogen) atoms. The smallest absolute Gasteiger partial charge is 0.281 e. The Morgan fingerprint density at radius 2 is 2.05 bits per heavy atom. The molecule has 0 amide bonds. The van der Waals surface area contributed by atoms with Crippen molar-refractivity contribution >= 4 is 43.3 Å². The molecule has 2 aromatic rings. The molecule has 0 aliphatic carbocycles. The number of anilines is 2. The van der Waals surface area contributed by atoms with Gasteiger partial charge in [0, 0.05) is 22.8 Å². The summed E-state index contributed by atoms with van der Waals surface area (Å²) < 4.78 is 29.3. The predicted octanol–water partition coefficient (Wildman–Crippen LogP) is 3.49. The summed E-state index contributed by atoms with van der Waals surface area (Å²) in [5.41, 5.74) is 0.819. The summed E-state index contributed by atoms with van der Waals surface area (Å²) in [6, 6.07) is 10.7. The van der Waals surface area contributed by atoms with Crippen molar-refractivity contribution < 1.29 is 8.42 Å². The normalized spacial score (nSPS) is 16.3. The molecule has 0 unspecified atom stereocenters. The zero-order valence-electron chi connectivity index (χ0n) is 11.2. The summed E-state index contributed by atoms with van der Waals surface area (Å²) >= 11 is 3.43. The van der Waals surface area contributed by atoms with Crippen molar-refractivity contribution in [3.8, 4) is 0 Å². The van der Waals surface area contributed by atoms with Gasteiger partial charge in [0.25, 0.3) is 10.0 Å². The van der Waals surface area contributed by atoms with Gasteiger partial charge in [-0.2, -0.15) is 8.42 Å². The summed E-state index contributed by atoms with van der Waals surface area (Å²) in [7, 11) is -3.68. The number of pyridine rings is 1. The van der Waals surface area contributed by atoms with Gasteiger partial charge in [0.05, 0.1) is 0 Å². The Balaban J connectivity index is 2.28. The van der Waals surface area contributed by atoms with Crippen LogP contribution in [0.25, 0.3) is 0 Å². The maximum atomic E-state index is 12.2. The van der Waals surface area contributed by atoms with Crippen LogP contribution in [0.2, 0.25) is 0 Å². The lowest BCUT2D eigenvalue weighted by atomic mass is 10.2. The van der Waals surface area contributed by atoms with Crippen LogP contribution in [0.4, 0.5) is 11.5 Å². The van der Waals surface area contributed by atoms with Crippen LogP contribution < -0.4 is 4.90 Å². The lowest BCUT2D eigenvalue weighted by Crippen LogP contribution is -2.32. The lowest BCUT2D eigenvalue weighted by molar-refractivity contribution is 0.596. The topological polar surface area (TPSA) is 62.6 Å². The Kier molecular flexibility index (Phi) is 3.54. The van der Waals surface area contributed by atoms with E-state index in [4.69, 9.17) is 0 Å². The second kappa shape index (κ2) is 5.23. The molecule has 0 saturated heterocycles. The number of aromatic nitrogens is 1. The van der Waals surface area contributed by atoms with Gasteiger partial charge in [-0.1, -0.05) is 28.9 Å². The summed E-state index contributed by atoms with van der Waals surface area (Å²) in [5, 5.41) is 0. The van der Waals surface area contributed by atoms with Crippen molar-refractivity contribution in [1.82, 2.24) is 4.98 Å². The van der Waals surface area contributed by atoms with E-state index in [0.29, 0.717) is 18.1 Å². The monoisotopic (exact) mass is 365 g/mol. The molecule has 0 fully saturated rings. The molecule has 0 N–H and O–H groups in total. The largest absolute Gasteiger partial charge is 0.287 e. The minimum Gasteiger partial charge on any atom is -0.281 e. The lowest BCUT2D eigenvalue weighted by Gasteiger charge is -2.29. The van der Waals surface area contributed by atoms with E-state index in [1.807, 2.05) is 31.2 Å². The third-order valence-electron chi connectivity index (χ3n) is 3.11. The molecule has 2 heterocycles. The number of hydrogen-bond acceptors (Lipinski definition) is 4. The van der Waals surface area contributed by atoms with Crippen molar-refractivity contribution in [2.75, 3.05) is 4.90 Å². The van der Waals surface area contributed by atoms with Crippen LogP contribution in [0, 0.1) is 0 Å². The number of fused-ring (bicyclic) bond motifs is 1. The molecule has 108 valence electrons. The van der Waals surface area contributed by atoms with Gasteiger partial charge in [-0.3, -0.25) is 4.90 Å². The summed E-state index contributed by atoms with van der Waals surface area (Å²) in [4.78, 5) is 6.16. The second-order valence-corrected chi connectivity index (χ2v) is 6.96. The van der Waals surface area contributed by atoms with Gasteiger partial charge in [-0.15, -0.1) is 4.40 Å². The predicted molar refractivity (Wildman–Crippen MR) is 85.4 cm³/mol. The maximum absolute atomic E-state index is 12.2. The van der Waals surface area contributed by atoms with Gasteiger partial charge in [-0.25, -0.2) is 4.98 Å². The Labute approximate surface area is 131 Å². The molecule has 3 rings (SSSR count). The average Bonchev–Trinajstić information content (AvgIpc) is 2.46. The molecule has 1 aliphatic rings. The van der Waals surface area contributed by atoms with E-state index >= 15 is 0 Å². The summed E-state index contributed by atoms with van der Waals surface area (Å²) in [5.74, 6) is 0.849. The zero-order chi connectivity index (χ0) is 15.0. The summed E-state index contributed by atoms with van der Waals surface area (Å²) in [6.45, 7) is 1.87. The van der Waals surface area contributed by atoms with E-state index < -0.39 is 10.0 Å². The third-order valence-corrected chi connectivity index (χ3v) is 4.93. The molecule has 1 aromatic heterocycles. The van der Waals surface area contributed by atoms with Crippen molar-refractivity contribution in [3.63, 3.8) is 0 Å². The molecule has 0 spiro atoms. The van der Waals surface area contributed by atoms with Crippen LogP contribution in [-0.4, -0.2) is 19.2 Å². The molecule has 0 radical (unpaired) electrons. The molecule has 7 heteroatoms. The first kappa shape index (κ1) is 14.2. The van der Waals surface area contributed by atoms with Crippen molar-refractivity contribution in [2.45, 2.75) is 18.2 Å². The van der Waals surface area contributed by atoms with Gasteiger partial charge in [0.15, 0.2) is 5.82 Å². The molecular weight excluding hydrogens is 354 g/mol. The number of benzene rings is 1. The standard InChI is InChI=1S/C14H12BrN3O2S/c1-2-13-17-21(19,20)12-7-4-8-16-14(12)18(13)11-6-3-5-10(15)9-11/h3-9H,2H2,1H3. The maximum Gasteiger partial charge on any atom is 0.287 e. The molecule has 1 aromatic carbocycles. The van der Waals surface area contributed by atoms with Gasteiger partial charge in [0.2, 0.25) is 0 Å². The number of halogens is 1. The Bertz CT molecular complexity index is 834. The first-order chi connectivity index (χ1) is 10.0. The number of sulfonamides is 1. The number of amidine groups is 1. The average molecular weight is 366 g/mol. The highest BCUT2D eigenvalue weighted by Gasteiger charge is 2.31. The molecular formula is C14H12BrN3O2S. The highest BCUT2D eigenvalue weighted by Crippen LogP contribution is 2.36. The quantitative estimate of drug-likeness (QED) is 0.816. The van der Waals surface area contributed by atoms with E-state index in [9.17, 15) is 8.42 Å². The van der Waals surface area contributed by atoms with Gasteiger partial charge >= 0.3 is 0 Å². The van der Waals surface area contributed by atoms with E-state index in [1.165, 1.54) is 6.07 Å². The molecule has 0 atom stereocenters. The fourth-order valence-corrected chi connectivity index (χ4v) is 3.81. The first-order valence-electron chi connectivity index (χ1n) is 6.37. The number of nitrogens with zero attached hydrogens (tertiary/aromatic N) is 3. The van der Waals surface area contributed by atoms with Crippen LogP contribution in [0.1, 0.15) is 13.3 Å². The second-order valence-electron chi connectivity index (χ2n) is 4.48. The minimum absolute atomic E-state index is 0.127. The van der Waals surface area contributed by atoms with Gasteiger partial charge in [-0.05, 0) is 30.3 Å².